The summed E-state index contributed by atoms with van der Waals surface area (Å²) in [6, 6.07) is -0.301. The Morgan fingerprint density at radius 3 is 2.74 bits per heavy atom. The summed E-state index contributed by atoms with van der Waals surface area (Å²) in [7, 11) is -1.88. The molecule has 8 heteroatoms. The first-order chi connectivity index (χ1) is 8.92. The van der Waals surface area contributed by atoms with E-state index in [0.29, 0.717) is 25.3 Å². The highest BCUT2D eigenvalue weighted by Crippen LogP contribution is 2.16. The zero-order valence-electron chi connectivity index (χ0n) is 11.8. The van der Waals surface area contributed by atoms with Crippen molar-refractivity contribution in [3.8, 4) is 0 Å². The number of hydrogen-bond acceptors (Lipinski definition) is 5. The predicted molar refractivity (Wildman–Crippen MR) is 72.4 cm³/mol. The highest BCUT2D eigenvalue weighted by Gasteiger charge is 2.25. The lowest BCUT2D eigenvalue weighted by Gasteiger charge is -2.13. The Morgan fingerprint density at radius 2 is 2.16 bits per heavy atom. The van der Waals surface area contributed by atoms with E-state index >= 15 is 0 Å². The number of H-pyrrole nitrogens is 1. The van der Waals surface area contributed by atoms with Crippen LogP contribution in [0.25, 0.3) is 0 Å². The van der Waals surface area contributed by atoms with Gasteiger partial charge in [-0.15, -0.1) is 0 Å². The van der Waals surface area contributed by atoms with Gasteiger partial charge in [0.2, 0.25) is 0 Å². The molecular formula is C11H22N4O3S. The maximum atomic E-state index is 12.2. The molecule has 1 aromatic heterocycles. The van der Waals surface area contributed by atoms with Gasteiger partial charge in [0.15, 0.2) is 5.03 Å². The Morgan fingerprint density at radius 1 is 1.47 bits per heavy atom. The number of ether oxygens (including phenoxy) is 1. The number of nitrogens with zero attached hydrogens (tertiary/aromatic N) is 1. The van der Waals surface area contributed by atoms with Crippen LogP contribution in [0.5, 0.6) is 0 Å². The topological polar surface area (TPSA) is 96.1 Å². The first-order valence-electron chi connectivity index (χ1n) is 6.20. The molecule has 1 aromatic rings. The summed E-state index contributed by atoms with van der Waals surface area (Å²) in [4.78, 5) is 0. The largest absolute Gasteiger partial charge is 0.380 e. The molecule has 0 bridgehead atoms. The van der Waals surface area contributed by atoms with Crippen LogP contribution in [-0.2, 0) is 21.3 Å². The molecule has 7 nitrogen and oxygen atoms in total. The molecule has 1 atom stereocenters. The molecule has 0 fully saturated rings. The highest BCUT2D eigenvalue weighted by atomic mass is 32.2. The summed E-state index contributed by atoms with van der Waals surface area (Å²) < 4.78 is 32.2. The van der Waals surface area contributed by atoms with Crippen LogP contribution < -0.4 is 10.0 Å². The predicted octanol–water partition coefficient (Wildman–Crippen LogP) is 0.141. The molecule has 3 N–H and O–H groups in total. The smallest absolute Gasteiger partial charge is 0.260 e. The molecule has 0 aliphatic carbocycles. The number of hydrogen-bond donors (Lipinski definition) is 3. The minimum Gasteiger partial charge on any atom is -0.380 e. The lowest BCUT2D eigenvalue weighted by Crippen LogP contribution is -2.36. The Labute approximate surface area is 114 Å². The Bertz CT molecular complexity index is 498. The van der Waals surface area contributed by atoms with Gasteiger partial charge in [-0.1, -0.05) is 0 Å². The van der Waals surface area contributed by atoms with Crippen LogP contribution in [0.1, 0.15) is 25.1 Å². The summed E-state index contributed by atoms with van der Waals surface area (Å²) in [5.41, 5.74) is 1.39. The van der Waals surface area contributed by atoms with E-state index in [-0.39, 0.29) is 11.1 Å². The van der Waals surface area contributed by atoms with E-state index in [1.807, 2.05) is 6.92 Å². The van der Waals surface area contributed by atoms with E-state index in [9.17, 15) is 8.42 Å². The third-order valence-electron chi connectivity index (χ3n) is 2.57. The van der Waals surface area contributed by atoms with Gasteiger partial charge in [0, 0.05) is 30.5 Å². The normalized spacial score (nSPS) is 13.7. The van der Waals surface area contributed by atoms with Gasteiger partial charge in [-0.2, -0.15) is 5.10 Å². The third kappa shape index (κ3) is 4.27. The van der Waals surface area contributed by atoms with Crippen molar-refractivity contribution in [3.05, 3.63) is 11.3 Å². The van der Waals surface area contributed by atoms with Crippen LogP contribution in [-0.4, -0.2) is 44.9 Å². The molecule has 0 spiro atoms. The van der Waals surface area contributed by atoms with Crippen molar-refractivity contribution >= 4 is 10.0 Å². The molecule has 1 heterocycles. The molecular weight excluding hydrogens is 268 g/mol. The number of aromatic nitrogens is 2. The van der Waals surface area contributed by atoms with Gasteiger partial charge >= 0.3 is 0 Å². The second-order valence-corrected chi connectivity index (χ2v) is 5.97. The first-order valence-corrected chi connectivity index (χ1v) is 7.69. The number of aryl methyl sites for hydroxylation is 1. The lowest BCUT2D eigenvalue weighted by molar-refractivity contribution is 0.133. The van der Waals surface area contributed by atoms with E-state index in [2.05, 4.69) is 20.2 Å². The summed E-state index contributed by atoms with van der Waals surface area (Å²) >= 11 is 0. The molecule has 110 valence electrons. The number of sulfonamides is 1. The van der Waals surface area contributed by atoms with Crippen molar-refractivity contribution in [2.45, 2.75) is 38.4 Å². The summed E-state index contributed by atoms with van der Waals surface area (Å²) in [5.74, 6) is 0. The summed E-state index contributed by atoms with van der Waals surface area (Å²) in [5, 5.41) is 9.57. The monoisotopic (exact) mass is 290 g/mol. The second kappa shape index (κ2) is 6.99. The van der Waals surface area contributed by atoms with Crippen molar-refractivity contribution in [1.29, 1.82) is 0 Å². The molecule has 1 rings (SSSR count). The number of aromatic amines is 1. The molecule has 0 radical (unpaired) electrons. The van der Waals surface area contributed by atoms with Crippen LogP contribution in [0.3, 0.4) is 0 Å². The van der Waals surface area contributed by atoms with Gasteiger partial charge < -0.3 is 10.1 Å². The van der Waals surface area contributed by atoms with E-state index in [1.165, 1.54) is 0 Å². The van der Waals surface area contributed by atoms with E-state index in [0.717, 1.165) is 5.69 Å². The molecule has 0 saturated heterocycles. The number of nitrogens with one attached hydrogen (secondary N) is 3. The zero-order chi connectivity index (χ0) is 14.5. The Kier molecular flexibility index (Phi) is 5.92. The fraction of sp³-hybridized carbons (Fsp3) is 0.727. The number of rotatable bonds is 8. The van der Waals surface area contributed by atoms with Gasteiger partial charge in [0.05, 0.1) is 6.61 Å². The molecule has 0 aliphatic rings. The van der Waals surface area contributed by atoms with Gasteiger partial charge in [0.1, 0.15) is 0 Å². The SMILES string of the molecule is CCOCC(C)NS(=O)(=O)c1n[nH]c(C)c1CNC. The van der Waals surface area contributed by atoms with Crippen molar-refractivity contribution in [2.24, 2.45) is 0 Å². The lowest BCUT2D eigenvalue weighted by atomic mass is 10.3. The van der Waals surface area contributed by atoms with Gasteiger partial charge in [-0.3, -0.25) is 5.10 Å². The third-order valence-corrected chi connectivity index (χ3v) is 4.13. The van der Waals surface area contributed by atoms with E-state index in [1.54, 1.807) is 20.9 Å². The van der Waals surface area contributed by atoms with Gasteiger partial charge in [-0.05, 0) is 27.8 Å². The standard InChI is InChI=1S/C11H22N4O3S/c1-5-18-7-8(2)15-19(16,17)11-10(6-12-4)9(3)13-14-11/h8,12,15H,5-7H2,1-4H3,(H,13,14). The fourth-order valence-corrected chi connectivity index (χ4v) is 3.11. The Hall–Kier alpha value is -0.960. The van der Waals surface area contributed by atoms with Crippen LogP contribution in [0.4, 0.5) is 0 Å². The van der Waals surface area contributed by atoms with Crippen LogP contribution in [0, 0.1) is 6.92 Å². The fourth-order valence-electron chi connectivity index (χ4n) is 1.69. The minimum absolute atomic E-state index is 0.0442. The zero-order valence-corrected chi connectivity index (χ0v) is 12.6. The average molecular weight is 290 g/mol. The minimum atomic E-state index is -3.63. The van der Waals surface area contributed by atoms with Crippen molar-refractivity contribution < 1.29 is 13.2 Å². The Balaban J connectivity index is 2.88. The summed E-state index contributed by atoms with van der Waals surface area (Å²) in [6.07, 6.45) is 0. The van der Waals surface area contributed by atoms with Crippen LogP contribution >= 0.6 is 0 Å². The highest BCUT2D eigenvalue weighted by molar-refractivity contribution is 7.89. The van der Waals surface area contributed by atoms with Crippen molar-refractivity contribution in [3.63, 3.8) is 0 Å². The molecule has 0 aromatic carbocycles. The van der Waals surface area contributed by atoms with Crippen molar-refractivity contribution in [1.82, 2.24) is 20.2 Å². The molecule has 1 unspecified atom stereocenters. The maximum Gasteiger partial charge on any atom is 0.260 e. The molecule has 0 saturated carbocycles. The first kappa shape index (κ1) is 16.1. The van der Waals surface area contributed by atoms with Crippen LogP contribution in [0.2, 0.25) is 0 Å². The van der Waals surface area contributed by atoms with Gasteiger partial charge in [-0.25, -0.2) is 13.1 Å². The quantitative estimate of drug-likeness (QED) is 0.633. The van der Waals surface area contributed by atoms with E-state index in [4.69, 9.17) is 4.74 Å². The van der Waals surface area contributed by atoms with E-state index < -0.39 is 10.0 Å². The second-order valence-electron chi connectivity index (χ2n) is 4.34. The average Bonchev–Trinajstić information content (AvgIpc) is 2.69. The van der Waals surface area contributed by atoms with Gasteiger partial charge in [0.25, 0.3) is 10.0 Å². The molecule has 19 heavy (non-hydrogen) atoms. The molecule has 0 amide bonds. The maximum absolute atomic E-state index is 12.2. The molecule has 0 aliphatic heterocycles. The van der Waals surface area contributed by atoms with Crippen molar-refractivity contribution in [2.75, 3.05) is 20.3 Å². The van der Waals surface area contributed by atoms with Crippen LogP contribution in [0.15, 0.2) is 5.03 Å². The summed E-state index contributed by atoms with van der Waals surface area (Å²) in [6.45, 7) is 6.74.